The van der Waals surface area contributed by atoms with E-state index in [0.717, 1.165) is 22.2 Å². The molecule has 0 aliphatic heterocycles. The number of halogens is 2. The first-order chi connectivity index (χ1) is 8.43. The molecule has 2 aromatic carbocycles. The average molecular weight is 291 g/mol. The Morgan fingerprint density at radius 2 is 1.63 bits per heavy atom. The Balaban J connectivity index is 0.000000902. The monoisotopic (exact) mass is 290 g/mol. The predicted octanol–water partition coefficient (Wildman–Crippen LogP) is 3.81. The molecule has 0 atom stereocenters. The van der Waals surface area contributed by atoms with Crippen LogP contribution in [-0.2, 0) is 0 Å². The van der Waals surface area contributed by atoms with E-state index >= 15 is 0 Å². The summed E-state index contributed by atoms with van der Waals surface area (Å²) in [5.41, 5.74) is 3.91. The summed E-state index contributed by atoms with van der Waals surface area (Å²) < 4.78 is 0. The molecule has 0 unspecified atom stereocenters. The van der Waals surface area contributed by atoms with Gasteiger partial charge in [-0.3, -0.25) is 0 Å². The van der Waals surface area contributed by atoms with Gasteiger partial charge in [0, 0.05) is 5.56 Å². The smallest absolute Gasteiger partial charge is 0.104 e. The van der Waals surface area contributed by atoms with Crippen LogP contribution in [0.25, 0.3) is 11.0 Å². The van der Waals surface area contributed by atoms with Gasteiger partial charge in [0.2, 0.25) is 0 Å². The highest BCUT2D eigenvalue weighted by molar-refractivity contribution is 5.85. The second kappa shape index (κ2) is 6.84. The van der Waals surface area contributed by atoms with Crippen molar-refractivity contribution in [2.75, 3.05) is 0 Å². The summed E-state index contributed by atoms with van der Waals surface area (Å²) in [5, 5.41) is 0. The first-order valence-corrected chi connectivity index (χ1v) is 5.43. The van der Waals surface area contributed by atoms with Gasteiger partial charge < -0.3 is 4.98 Å². The van der Waals surface area contributed by atoms with Gasteiger partial charge in [0.25, 0.3) is 0 Å². The van der Waals surface area contributed by atoms with Gasteiger partial charge in [0.05, 0.1) is 17.4 Å². The summed E-state index contributed by atoms with van der Waals surface area (Å²) in [7, 11) is 0. The number of nitrogens with zero attached hydrogens (tertiary/aromatic N) is 1. The molecule has 0 saturated heterocycles. The van der Waals surface area contributed by atoms with Gasteiger partial charge in [-0.2, -0.15) is 0 Å². The van der Waals surface area contributed by atoms with E-state index < -0.39 is 0 Å². The molecule has 0 aliphatic rings. The molecule has 2 nitrogen and oxygen atoms in total. The molecule has 0 amide bonds. The fourth-order valence-electron chi connectivity index (χ4n) is 1.73. The molecule has 96 valence electrons. The lowest BCUT2D eigenvalue weighted by Crippen LogP contribution is -1.78. The number of benzene rings is 2. The standard InChI is InChI=1S/C15H10N2.2ClH/c1-2-5-12(6-3-1)9-10-13-7-4-8-14-15(13)17-11-16-14;;/h1-8,11H,(H,16,17);2*1H. The quantitative estimate of drug-likeness (QED) is 0.627. The van der Waals surface area contributed by atoms with Crippen LogP contribution in [0.2, 0.25) is 0 Å². The lowest BCUT2D eigenvalue weighted by Gasteiger charge is -1.92. The number of aromatic nitrogens is 2. The summed E-state index contributed by atoms with van der Waals surface area (Å²) in [6.45, 7) is 0. The van der Waals surface area contributed by atoms with Gasteiger partial charge >= 0.3 is 0 Å². The molecule has 3 rings (SSSR count). The van der Waals surface area contributed by atoms with Crippen molar-refractivity contribution in [2.24, 2.45) is 0 Å². The maximum absolute atomic E-state index is 4.27. The summed E-state index contributed by atoms with van der Waals surface area (Å²) in [6, 6.07) is 15.9. The van der Waals surface area contributed by atoms with Crippen LogP contribution >= 0.6 is 24.8 Å². The van der Waals surface area contributed by atoms with Crippen molar-refractivity contribution in [3.8, 4) is 11.8 Å². The molecule has 3 aromatic rings. The van der Waals surface area contributed by atoms with Crippen molar-refractivity contribution in [2.45, 2.75) is 0 Å². The Hall–Kier alpha value is -1.95. The van der Waals surface area contributed by atoms with E-state index in [1.807, 2.05) is 48.5 Å². The zero-order chi connectivity index (χ0) is 11.5. The molecule has 0 fully saturated rings. The largest absolute Gasteiger partial charge is 0.345 e. The van der Waals surface area contributed by atoms with Crippen LogP contribution in [0.3, 0.4) is 0 Å². The third kappa shape index (κ3) is 3.29. The molecular formula is C15H12Cl2N2. The van der Waals surface area contributed by atoms with Crippen LogP contribution in [-0.4, -0.2) is 9.97 Å². The number of hydrogen-bond donors (Lipinski definition) is 1. The van der Waals surface area contributed by atoms with Crippen molar-refractivity contribution < 1.29 is 0 Å². The third-order valence-corrected chi connectivity index (χ3v) is 2.57. The number of nitrogens with one attached hydrogen (secondary N) is 1. The highest BCUT2D eigenvalue weighted by atomic mass is 35.5. The molecular weight excluding hydrogens is 279 g/mol. The second-order valence-electron chi connectivity index (χ2n) is 3.72. The lowest BCUT2D eigenvalue weighted by atomic mass is 10.1. The van der Waals surface area contributed by atoms with E-state index in [-0.39, 0.29) is 24.8 Å². The maximum Gasteiger partial charge on any atom is 0.104 e. The number of rotatable bonds is 0. The second-order valence-corrected chi connectivity index (χ2v) is 3.72. The van der Waals surface area contributed by atoms with Crippen LogP contribution in [0.5, 0.6) is 0 Å². The number of H-pyrrole nitrogens is 1. The van der Waals surface area contributed by atoms with E-state index in [9.17, 15) is 0 Å². The predicted molar refractivity (Wildman–Crippen MR) is 83.0 cm³/mol. The number of hydrogen-bond acceptors (Lipinski definition) is 1. The Bertz CT molecular complexity index is 709. The molecule has 1 N–H and O–H groups in total. The van der Waals surface area contributed by atoms with E-state index in [1.54, 1.807) is 6.33 Å². The normalized spacial score (nSPS) is 8.84. The van der Waals surface area contributed by atoms with Gasteiger partial charge in [-0.1, -0.05) is 36.1 Å². The lowest BCUT2D eigenvalue weighted by molar-refractivity contribution is 1.34. The van der Waals surface area contributed by atoms with Crippen molar-refractivity contribution in [1.29, 1.82) is 0 Å². The first kappa shape index (κ1) is 15.1. The molecule has 0 radical (unpaired) electrons. The van der Waals surface area contributed by atoms with Crippen LogP contribution in [0.4, 0.5) is 0 Å². The summed E-state index contributed by atoms with van der Waals surface area (Å²) in [6.07, 6.45) is 1.69. The average Bonchev–Trinajstić information content (AvgIpc) is 2.86. The summed E-state index contributed by atoms with van der Waals surface area (Å²) in [4.78, 5) is 7.35. The minimum absolute atomic E-state index is 0. The molecule has 4 heteroatoms. The van der Waals surface area contributed by atoms with Gasteiger partial charge in [0.1, 0.15) is 5.52 Å². The molecule has 19 heavy (non-hydrogen) atoms. The minimum Gasteiger partial charge on any atom is -0.345 e. The van der Waals surface area contributed by atoms with E-state index in [1.165, 1.54) is 0 Å². The summed E-state index contributed by atoms with van der Waals surface area (Å²) in [5.74, 6) is 6.30. The molecule has 1 aromatic heterocycles. The third-order valence-electron chi connectivity index (χ3n) is 2.57. The van der Waals surface area contributed by atoms with Crippen molar-refractivity contribution in [1.82, 2.24) is 9.97 Å². The van der Waals surface area contributed by atoms with Crippen molar-refractivity contribution >= 4 is 35.8 Å². The van der Waals surface area contributed by atoms with Crippen LogP contribution in [0.15, 0.2) is 54.9 Å². The fourth-order valence-corrected chi connectivity index (χ4v) is 1.73. The zero-order valence-corrected chi connectivity index (χ0v) is 11.6. The molecule has 0 bridgehead atoms. The number of para-hydroxylation sites is 1. The maximum atomic E-state index is 4.27. The van der Waals surface area contributed by atoms with Gasteiger partial charge in [-0.05, 0) is 24.3 Å². The van der Waals surface area contributed by atoms with Crippen molar-refractivity contribution in [3.05, 3.63) is 66.0 Å². The number of aromatic amines is 1. The summed E-state index contributed by atoms with van der Waals surface area (Å²) >= 11 is 0. The van der Waals surface area contributed by atoms with Crippen LogP contribution < -0.4 is 0 Å². The molecule has 1 heterocycles. The Kier molecular flexibility index (Phi) is 5.44. The van der Waals surface area contributed by atoms with E-state index in [2.05, 4.69) is 21.8 Å². The van der Waals surface area contributed by atoms with Crippen molar-refractivity contribution in [3.63, 3.8) is 0 Å². The Morgan fingerprint density at radius 1 is 0.842 bits per heavy atom. The SMILES string of the molecule is C(#Cc1cccc2[nH]cnc12)c1ccccc1.Cl.Cl. The van der Waals surface area contributed by atoms with Gasteiger partial charge in [-0.15, -0.1) is 24.8 Å². The minimum atomic E-state index is 0. The first-order valence-electron chi connectivity index (χ1n) is 5.43. The Morgan fingerprint density at radius 3 is 2.42 bits per heavy atom. The topological polar surface area (TPSA) is 28.7 Å². The van der Waals surface area contributed by atoms with Gasteiger partial charge in [-0.25, -0.2) is 4.98 Å². The van der Waals surface area contributed by atoms with E-state index in [0.29, 0.717) is 0 Å². The van der Waals surface area contributed by atoms with Crippen LogP contribution in [0.1, 0.15) is 11.1 Å². The highest BCUT2D eigenvalue weighted by Gasteiger charge is 1.99. The van der Waals surface area contributed by atoms with Crippen LogP contribution in [0, 0.1) is 11.8 Å². The van der Waals surface area contributed by atoms with E-state index in [4.69, 9.17) is 0 Å². The fraction of sp³-hybridized carbons (Fsp3) is 0. The molecule has 0 spiro atoms. The zero-order valence-electron chi connectivity index (χ0n) is 9.96. The highest BCUT2D eigenvalue weighted by Crippen LogP contribution is 2.13. The molecule has 0 saturated carbocycles. The van der Waals surface area contributed by atoms with Gasteiger partial charge in [0.15, 0.2) is 0 Å². The number of imidazole rings is 1. The number of fused-ring (bicyclic) bond motifs is 1. The molecule has 0 aliphatic carbocycles. The Labute approximate surface area is 124 Å².